The second-order valence-corrected chi connectivity index (χ2v) is 12.0. The Bertz CT molecular complexity index is 499. The van der Waals surface area contributed by atoms with Gasteiger partial charge in [0.2, 0.25) is 0 Å². The summed E-state index contributed by atoms with van der Waals surface area (Å²) in [4.78, 5) is 11.7. The maximum atomic E-state index is 11.7. The number of aromatic nitrogens is 2. The molecule has 0 saturated heterocycles. The lowest BCUT2D eigenvalue weighted by molar-refractivity contribution is -0.124. The highest BCUT2D eigenvalue weighted by Crippen LogP contribution is 2.09. The van der Waals surface area contributed by atoms with E-state index in [0.29, 0.717) is 19.0 Å². The molecule has 0 saturated carbocycles. The van der Waals surface area contributed by atoms with Crippen LogP contribution in [0.25, 0.3) is 0 Å². The van der Waals surface area contributed by atoms with Gasteiger partial charge in [0.15, 0.2) is 6.10 Å². The molecule has 22 heavy (non-hydrogen) atoms. The number of carbonyl (C=O) groups excluding carboxylic acids is 1. The first-order valence-electron chi connectivity index (χ1n) is 7.20. The van der Waals surface area contributed by atoms with Crippen molar-refractivity contribution in [1.82, 2.24) is 9.78 Å². The van der Waals surface area contributed by atoms with Crippen LogP contribution in [0.1, 0.15) is 0 Å². The van der Waals surface area contributed by atoms with Gasteiger partial charge in [0, 0.05) is 14.7 Å². The number of carbonyl (C=O) groups is 1. The number of rotatable bonds is 9. The first kappa shape index (κ1) is 18.6. The predicted molar refractivity (Wildman–Crippen MR) is 89.1 cm³/mol. The van der Waals surface area contributed by atoms with Crippen LogP contribution in [0.15, 0.2) is 25.0 Å². The molecule has 1 heterocycles. The number of aliphatic hydroxyl groups is 1. The Labute approximate surface area is 132 Å². The molecule has 0 spiro atoms. The predicted octanol–water partition coefficient (Wildman–Crippen LogP) is 1.01. The van der Waals surface area contributed by atoms with Gasteiger partial charge in [-0.2, -0.15) is 5.10 Å². The second-order valence-electron chi connectivity index (χ2n) is 6.36. The average Bonchev–Trinajstić information content (AvgIpc) is 2.88. The van der Waals surface area contributed by atoms with E-state index in [1.807, 2.05) is 0 Å². The van der Waals surface area contributed by atoms with Crippen molar-refractivity contribution in [2.45, 2.75) is 44.6 Å². The Morgan fingerprint density at radius 2 is 2.32 bits per heavy atom. The number of anilines is 1. The molecule has 1 aromatic rings. The van der Waals surface area contributed by atoms with E-state index < -0.39 is 26.1 Å². The highest BCUT2D eigenvalue weighted by atomic mass is 28.3. The summed E-state index contributed by atoms with van der Waals surface area (Å²) in [6, 6.07) is 0.281. The summed E-state index contributed by atoms with van der Waals surface area (Å²) in [5.74, 6) is -0.591. The first-order chi connectivity index (χ1) is 10.2. The zero-order valence-corrected chi connectivity index (χ0v) is 14.5. The van der Waals surface area contributed by atoms with E-state index in [1.54, 1.807) is 10.9 Å². The van der Waals surface area contributed by atoms with Crippen LogP contribution in [0.3, 0.4) is 0 Å². The summed E-state index contributed by atoms with van der Waals surface area (Å²) in [7, 11) is -1.10. The van der Waals surface area contributed by atoms with Crippen LogP contribution in [0.2, 0.25) is 25.7 Å². The molecule has 8 heteroatoms. The van der Waals surface area contributed by atoms with Gasteiger partial charge in [-0.15, -0.1) is 6.58 Å². The van der Waals surface area contributed by atoms with Crippen molar-refractivity contribution >= 4 is 19.7 Å². The van der Waals surface area contributed by atoms with E-state index in [-0.39, 0.29) is 0 Å². The minimum Gasteiger partial charge on any atom is -0.381 e. The molecule has 1 aromatic heterocycles. The van der Waals surface area contributed by atoms with Gasteiger partial charge in [-0.25, -0.2) is 4.68 Å². The molecule has 4 N–H and O–H groups in total. The Hall–Kier alpha value is -1.48. The maximum Gasteiger partial charge on any atom is 0.255 e. The lowest BCUT2D eigenvalue weighted by Gasteiger charge is -2.15. The molecule has 0 aliphatic heterocycles. The van der Waals surface area contributed by atoms with Crippen LogP contribution in [0.5, 0.6) is 0 Å². The Morgan fingerprint density at radius 3 is 2.91 bits per heavy atom. The smallest absolute Gasteiger partial charge is 0.255 e. The van der Waals surface area contributed by atoms with Crippen molar-refractivity contribution in [2.75, 3.05) is 11.9 Å². The van der Waals surface area contributed by atoms with Crippen molar-refractivity contribution in [3.8, 4) is 0 Å². The quantitative estimate of drug-likeness (QED) is 0.357. The summed E-state index contributed by atoms with van der Waals surface area (Å²) < 4.78 is 7.14. The third-order valence-corrected chi connectivity index (χ3v) is 4.73. The van der Waals surface area contributed by atoms with Gasteiger partial charge in [-0.3, -0.25) is 4.79 Å². The van der Waals surface area contributed by atoms with Crippen LogP contribution in [-0.2, 0) is 16.3 Å². The normalized spacial score (nSPS) is 14.4. The molecular weight excluding hydrogens is 300 g/mol. The monoisotopic (exact) mass is 326 g/mol. The summed E-state index contributed by atoms with van der Waals surface area (Å²) in [5.41, 5.74) is 6.01. The van der Waals surface area contributed by atoms with Gasteiger partial charge in [0.1, 0.15) is 6.73 Å². The molecule has 2 atom stereocenters. The van der Waals surface area contributed by atoms with Crippen LogP contribution in [-0.4, -0.2) is 47.6 Å². The summed E-state index contributed by atoms with van der Waals surface area (Å²) >= 11 is 0. The molecular formula is C14H26N4O3Si. The number of aliphatic hydroxyl groups excluding tert-OH is 1. The molecule has 0 aromatic carbocycles. The maximum absolute atomic E-state index is 11.7. The van der Waals surface area contributed by atoms with Crippen molar-refractivity contribution in [2.24, 2.45) is 5.73 Å². The van der Waals surface area contributed by atoms with Gasteiger partial charge in [-0.05, 0) is 6.04 Å². The van der Waals surface area contributed by atoms with Crippen LogP contribution in [0, 0.1) is 0 Å². The molecule has 0 bridgehead atoms. The van der Waals surface area contributed by atoms with Crippen LogP contribution < -0.4 is 11.1 Å². The third-order valence-electron chi connectivity index (χ3n) is 3.03. The molecule has 124 valence electrons. The second kappa shape index (κ2) is 8.23. The van der Waals surface area contributed by atoms with Crippen LogP contribution in [0.4, 0.5) is 5.69 Å². The molecule has 7 nitrogen and oxygen atoms in total. The molecule has 1 amide bonds. The number of hydrogen-bond acceptors (Lipinski definition) is 5. The van der Waals surface area contributed by atoms with Crippen molar-refractivity contribution < 1.29 is 14.6 Å². The number of ether oxygens (including phenoxy) is 1. The van der Waals surface area contributed by atoms with Crippen molar-refractivity contribution in [1.29, 1.82) is 0 Å². The number of amides is 1. The van der Waals surface area contributed by atoms with Gasteiger partial charge in [0.25, 0.3) is 5.91 Å². The fourth-order valence-corrected chi connectivity index (χ4v) is 2.31. The van der Waals surface area contributed by atoms with E-state index in [9.17, 15) is 9.90 Å². The minimum atomic E-state index is -1.34. The van der Waals surface area contributed by atoms with E-state index >= 15 is 0 Å². The fourth-order valence-electron chi connectivity index (χ4n) is 1.56. The summed E-state index contributed by atoms with van der Waals surface area (Å²) in [5, 5.41) is 16.3. The Balaban J connectivity index is 2.41. The zero-order chi connectivity index (χ0) is 16.8. The van der Waals surface area contributed by atoms with E-state index in [2.05, 4.69) is 36.6 Å². The molecule has 1 unspecified atom stereocenters. The number of nitrogens with one attached hydrogen (secondary N) is 1. The Morgan fingerprint density at radius 1 is 1.64 bits per heavy atom. The molecule has 0 aliphatic rings. The SMILES string of the molecule is C=C[C@H](N)C(O)C(=O)Nc1cnn(COCC[Si](C)(C)C)c1. The molecule has 0 aliphatic carbocycles. The highest BCUT2D eigenvalue weighted by Gasteiger charge is 2.21. The lowest BCUT2D eigenvalue weighted by atomic mass is 10.1. The third kappa shape index (κ3) is 6.52. The van der Waals surface area contributed by atoms with Gasteiger partial charge in [-0.1, -0.05) is 25.7 Å². The largest absolute Gasteiger partial charge is 0.381 e. The standard InChI is InChI=1S/C14H26N4O3Si/c1-5-12(15)13(19)14(20)17-11-8-16-18(9-11)10-21-6-7-22(2,3)4/h5,8-9,12-13,19H,1,6-7,10,15H2,2-4H3,(H,17,20)/t12-,13?/m0/s1. The number of nitrogens with zero attached hydrogens (tertiary/aromatic N) is 2. The zero-order valence-electron chi connectivity index (χ0n) is 13.5. The van der Waals surface area contributed by atoms with Gasteiger partial charge >= 0.3 is 0 Å². The molecule has 0 radical (unpaired) electrons. The lowest BCUT2D eigenvalue weighted by Crippen LogP contribution is -2.42. The van der Waals surface area contributed by atoms with Crippen LogP contribution >= 0.6 is 0 Å². The Kier molecular flexibility index (Phi) is 6.94. The van der Waals surface area contributed by atoms with Gasteiger partial charge in [0.05, 0.1) is 24.1 Å². The highest BCUT2D eigenvalue weighted by molar-refractivity contribution is 6.76. The number of hydrogen-bond donors (Lipinski definition) is 3. The first-order valence-corrected chi connectivity index (χ1v) is 10.9. The number of nitrogens with two attached hydrogens (primary N) is 1. The summed E-state index contributed by atoms with van der Waals surface area (Å²) in [6.45, 7) is 11.3. The minimum absolute atomic E-state index is 0.328. The van der Waals surface area contributed by atoms with Gasteiger partial charge < -0.3 is 20.9 Å². The molecule has 0 fully saturated rings. The van der Waals surface area contributed by atoms with Crippen molar-refractivity contribution in [3.63, 3.8) is 0 Å². The molecule has 1 rings (SSSR count). The summed E-state index contributed by atoms with van der Waals surface area (Å²) in [6.07, 6.45) is 3.11. The fraction of sp³-hybridized carbons (Fsp3) is 0.571. The van der Waals surface area contributed by atoms with E-state index in [4.69, 9.17) is 10.5 Å². The van der Waals surface area contributed by atoms with Crippen molar-refractivity contribution in [3.05, 3.63) is 25.0 Å². The topological polar surface area (TPSA) is 102 Å². The van der Waals surface area contributed by atoms with E-state index in [0.717, 1.165) is 6.04 Å². The average molecular weight is 326 g/mol. The van der Waals surface area contributed by atoms with E-state index in [1.165, 1.54) is 12.3 Å².